The number of nitrogens with two attached hydrogens (primary N) is 1. The third kappa shape index (κ3) is 4.71. The van der Waals surface area contributed by atoms with Gasteiger partial charge in [-0.15, -0.1) is 0 Å². The molecule has 0 heterocycles. The van der Waals surface area contributed by atoms with Crippen molar-refractivity contribution < 1.29 is 13.2 Å². The summed E-state index contributed by atoms with van der Waals surface area (Å²) in [5.74, 6) is 4.44. The Balaban J connectivity index is 1.91. The lowest BCUT2D eigenvalue weighted by Crippen LogP contribution is -2.44. The van der Waals surface area contributed by atoms with Crippen LogP contribution in [0, 0.1) is 11.8 Å². The minimum absolute atomic E-state index is 0.0130. The highest BCUT2D eigenvalue weighted by Crippen LogP contribution is 2.41. The highest BCUT2D eigenvalue weighted by Gasteiger charge is 2.43. The van der Waals surface area contributed by atoms with Gasteiger partial charge in [0.2, 0.25) is 0 Å². The molecule has 1 saturated carbocycles. The van der Waals surface area contributed by atoms with E-state index in [1.54, 1.807) is 0 Å². The van der Waals surface area contributed by atoms with Gasteiger partial charge in [-0.2, -0.15) is 13.2 Å². The molecule has 2 rings (SSSR count). The second-order valence-corrected chi connectivity index (χ2v) is 5.96. The Hall–Kier alpha value is -1.07. The molecule has 0 saturated heterocycles. The molecule has 0 aromatic heterocycles. The van der Waals surface area contributed by atoms with Gasteiger partial charge >= 0.3 is 6.18 Å². The summed E-state index contributed by atoms with van der Waals surface area (Å²) in [5.41, 5.74) is 3.94. The van der Waals surface area contributed by atoms with E-state index in [2.05, 4.69) is 5.43 Å². The molecule has 0 aliphatic heterocycles. The molecular weight excluding hydrogens is 277 g/mol. The first kappa shape index (κ1) is 16.3. The van der Waals surface area contributed by atoms with Gasteiger partial charge in [0.05, 0.1) is 5.92 Å². The predicted molar refractivity (Wildman–Crippen MR) is 77.4 cm³/mol. The van der Waals surface area contributed by atoms with Crippen LogP contribution >= 0.6 is 0 Å². The summed E-state index contributed by atoms with van der Waals surface area (Å²) < 4.78 is 38.6. The first-order valence-electron chi connectivity index (χ1n) is 7.57. The van der Waals surface area contributed by atoms with Gasteiger partial charge in [-0.3, -0.25) is 11.3 Å². The molecule has 2 nitrogen and oxygen atoms in total. The van der Waals surface area contributed by atoms with Crippen LogP contribution in [-0.4, -0.2) is 12.2 Å². The monoisotopic (exact) mass is 300 g/mol. The van der Waals surface area contributed by atoms with E-state index >= 15 is 0 Å². The zero-order valence-electron chi connectivity index (χ0n) is 12.1. The van der Waals surface area contributed by atoms with Gasteiger partial charge in [-0.25, -0.2) is 0 Å². The van der Waals surface area contributed by atoms with Crippen molar-refractivity contribution in [2.24, 2.45) is 17.7 Å². The number of nitrogens with one attached hydrogen (secondary N) is 1. The number of hydrogen-bond acceptors (Lipinski definition) is 2. The maximum atomic E-state index is 12.9. The zero-order chi connectivity index (χ0) is 15.3. The van der Waals surface area contributed by atoms with E-state index in [-0.39, 0.29) is 24.8 Å². The summed E-state index contributed by atoms with van der Waals surface area (Å²) in [6.45, 7) is 0. The van der Waals surface area contributed by atoms with Crippen molar-refractivity contribution in [3.05, 3.63) is 35.9 Å². The first-order chi connectivity index (χ1) is 10.0. The molecule has 1 fully saturated rings. The summed E-state index contributed by atoms with van der Waals surface area (Å²) in [5, 5.41) is 0. The average Bonchev–Trinajstić information content (AvgIpc) is 2.48. The normalized spacial score (nSPS) is 24.8. The number of alkyl halides is 3. The van der Waals surface area contributed by atoms with Gasteiger partial charge in [0.15, 0.2) is 0 Å². The van der Waals surface area contributed by atoms with Crippen LogP contribution in [0.2, 0.25) is 0 Å². The molecule has 1 aromatic rings. The minimum atomic E-state index is -4.07. The van der Waals surface area contributed by atoms with Crippen molar-refractivity contribution in [2.75, 3.05) is 0 Å². The Labute approximate surface area is 123 Å². The molecule has 0 spiro atoms. The maximum Gasteiger partial charge on any atom is 0.391 e. The van der Waals surface area contributed by atoms with Crippen molar-refractivity contribution in [2.45, 2.75) is 50.7 Å². The molecule has 1 aliphatic rings. The van der Waals surface area contributed by atoms with Crippen LogP contribution in [0.4, 0.5) is 13.2 Å². The number of hydrogen-bond donors (Lipinski definition) is 2. The molecule has 1 aliphatic carbocycles. The predicted octanol–water partition coefficient (Wildman–Crippen LogP) is 3.82. The van der Waals surface area contributed by atoms with Crippen molar-refractivity contribution >= 4 is 0 Å². The largest absolute Gasteiger partial charge is 0.391 e. The first-order valence-corrected chi connectivity index (χ1v) is 7.57. The van der Waals surface area contributed by atoms with E-state index in [9.17, 15) is 13.2 Å². The van der Waals surface area contributed by atoms with Crippen LogP contribution in [0.3, 0.4) is 0 Å². The number of rotatable bonds is 5. The molecule has 5 heteroatoms. The number of aryl methyl sites for hydroxylation is 1. The summed E-state index contributed by atoms with van der Waals surface area (Å²) in [6.07, 6.45) is -0.534. The van der Waals surface area contributed by atoms with Crippen LogP contribution in [-0.2, 0) is 6.42 Å². The number of benzene rings is 1. The van der Waals surface area contributed by atoms with Crippen molar-refractivity contribution in [3.63, 3.8) is 0 Å². The highest BCUT2D eigenvalue weighted by molar-refractivity contribution is 5.14. The Morgan fingerprint density at radius 2 is 1.90 bits per heavy atom. The standard InChI is InChI=1S/C16H23F3N2/c17-16(18,19)14-8-4-7-13(11-14)15(21-20)10-9-12-5-2-1-3-6-12/h1-3,5-6,13-15,21H,4,7-11,20H2. The van der Waals surface area contributed by atoms with Crippen molar-refractivity contribution in [3.8, 4) is 0 Å². The van der Waals surface area contributed by atoms with Gasteiger partial charge in [-0.1, -0.05) is 36.8 Å². The maximum absolute atomic E-state index is 12.9. The summed E-state index contributed by atoms with van der Waals surface area (Å²) in [7, 11) is 0. The lowest BCUT2D eigenvalue weighted by atomic mass is 9.76. The smallest absolute Gasteiger partial charge is 0.271 e. The Morgan fingerprint density at radius 3 is 2.52 bits per heavy atom. The third-order valence-corrected chi connectivity index (χ3v) is 4.55. The molecular formula is C16H23F3N2. The number of hydrazine groups is 1. The summed E-state index contributed by atoms with van der Waals surface area (Å²) in [4.78, 5) is 0. The lowest BCUT2D eigenvalue weighted by Gasteiger charge is -2.35. The fraction of sp³-hybridized carbons (Fsp3) is 0.625. The van der Waals surface area contributed by atoms with E-state index in [0.29, 0.717) is 6.42 Å². The fourth-order valence-electron chi connectivity index (χ4n) is 3.31. The van der Waals surface area contributed by atoms with Crippen LogP contribution in [0.1, 0.15) is 37.7 Å². The second-order valence-electron chi connectivity index (χ2n) is 5.96. The molecule has 3 unspecified atom stereocenters. The molecule has 0 amide bonds. The second kappa shape index (κ2) is 7.27. The zero-order valence-corrected chi connectivity index (χ0v) is 12.1. The van der Waals surface area contributed by atoms with Gasteiger partial charge < -0.3 is 0 Å². The quantitative estimate of drug-likeness (QED) is 0.641. The van der Waals surface area contributed by atoms with Crippen LogP contribution < -0.4 is 11.3 Å². The minimum Gasteiger partial charge on any atom is -0.271 e. The third-order valence-electron chi connectivity index (χ3n) is 4.55. The lowest BCUT2D eigenvalue weighted by molar-refractivity contribution is -0.186. The number of halogens is 3. The van der Waals surface area contributed by atoms with Gasteiger partial charge in [-0.05, 0) is 43.6 Å². The van der Waals surface area contributed by atoms with E-state index in [1.165, 1.54) is 5.56 Å². The average molecular weight is 300 g/mol. The highest BCUT2D eigenvalue weighted by atomic mass is 19.4. The van der Waals surface area contributed by atoms with Crippen molar-refractivity contribution in [1.82, 2.24) is 5.43 Å². The van der Waals surface area contributed by atoms with E-state index in [1.807, 2.05) is 30.3 Å². The fourth-order valence-corrected chi connectivity index (χ4v) is 3.31. The Bertz CT molecular complexity index is 419. The van der Waals surface area contributed by atoms with Gasteiger partial charge in [0, 0.05) is 6.04 Å². The topological polar surface area (TPSA) is 38.0 Å². The summed E-state index contributed by atoms with van der Waals surface area (Å²) in [6, 6.07) is 9.92. The van der Waals surface area contributed by atoms with Crippen molar-refractivity contribution in [1.29, 1.82) is 0 Å². The molecule has 3 atom stereocenters. The van der Waals surface area contributed by atoms with Crippen LogP contribution in [0.25, 0.3) is 0 Å². The molecule has 3 N–H and O–H groups in total. The summed E-state index contributed by atoms with van der Waals surface area (Å²) >= 11 is 0. The molecule has 21 heavy (non-hydrogen) atoms. The SMILES string of the molecule is NNC(CCc1ccccc1)C1CCCC(C(F)(F)F)C1. The van der Waals surface area contributed by atoms with E-state index < -0.39 is 12.1 Å². The molecule has 118 valence electrons. The van der Waals surface area contributed by atoms with Crippen LogP contribution in [0.5, 0.6) is 0 Å². The Kier molecular flexibility index (Phi) is 5.65. The van der Waals surface area contributed by atoms with Crippen LogP contribution in [0.15, 0.2) is 30.3 Å². The molecule has 0 radical (unpaired) electrons. The van der Waals surface area contributed by atoms with E-state index in [4.69, 9.17) is 5.84 Å². The van der Waals surface area contributed by atoms with E-state index in [0.717, 1.165) is 19.3 Å². The Morgan fingerprint density at radius 1 is 1.19 bits per heavy atom. The van der Waals surface area contributed by atoms with Gasteiger partial charge in [0.25, 0.3) is 0 Å². The van der Waals surface area contributed by atoms with Gasteiger partial charge in [0.1, 0.15) is 0 Å². The molecule has 0 bridgehead atoms. The molecule has 1 aromatic carbocycles.